The Balaban J connectivity index is 2.28. The van der Waals surface area contributed by atoms with Crippen LogP contribution >= 0.6 is 0 Å². The van der Waals surface area contributed by atoms with Crippen LogP contribution in [0, 0.1) is 0 Å². The topological polar surface area (TPSA) is 21.8 Å². The normalized spacial score (nSPS) is 22.8. The molecule has 3 heteroatoms. The molecule has 1 atom stereocenters. The third-order valence-electron chi connectivity index (χ3n) is 2.91. The molecule has 1 aliphatic rings. The van der Waals surface area contributed by atoms with Crippen LogP contribution in [0.5, 0.6) is 0 Å². The molecule has 0 saturated carbocycles. The fourth-order valence-electron chi connectivity index (χ4n) is 1.49. The third-order valence-corrected chi connectivity index (χ3v) is 7.56. The molecule has 0 aromatic carbocycles. The van der Waals surface area contributed by atoms with Crippen LogP contribution in [0.2, 0.25) is 18.1 Å². The lowest BCUT2D eigenvalue weighted by molar-refractivity contribution is 0.250. The molecule has 72 valence electrons. The second-order valence-corrected chi connectivity index (χ2v) is 8.29. The van der Waals surface area contributed by atoms with E-state index in [1.54, 1.807) is 0 Å². The van der Waals surface area contributed by atoms with Gasteiger partial charge in [0.25, 0.3) is 0 Å². The van der Waals surface area contributed by atoms with Crippen LogP contribution in [0.15, 0.2) is 0 Å². The van der Waals surface area contributed by atoms with Crippen molar-refractivity contribution >= 4 is 8.32 Å². The molecule has 0 amide bonds. The number of epoxide rings is 1. The molecule has 1 aliphatic heterocycles. The van der Waals surface area contributed by atoms with Gasteiger partial charge in [-0.3, -0.25) is 0 Å². The molecule has 1 fully saturated rings. The summed E-state index contributed by atoms with van der Waals surface area (Å²) in [6, 6.07) is 3.73. The van der Waals surface area contributed by atoms with Gasteiger partial charge in [0.2, 0.25) is 0 Å². The zero-order chi connectivity index (χ0) is 9.03. The van der Waals surface area contributed by atoms with Gasteiger partial charge in [-0.05, 0) is 18.1 Å². The first-order chi connectivity index (χ1) is 5.76. The highest BCUT2D eigenvalue weighted by Crippen LogP contribution is 2.23. The minimum Gasteiger partial charge on any atom is -0.414 e. The summed E-state index contributed by atoms with van der Waals surface area (Å²) < 4.78 is 11.1. The fraction of sp³-hybridized carbons (Fsp3) is 1.00. The first-order valence-corrected chi connectivity index (χ1v) is 7.55. The van der Waals surface area contributed by atoms with E-state index in [1.165, 1.54) is 18.1 Å². The maximum Gasteiger partial charge on any atom is 0.192 e. The standard InChI is InChI=1S/C9H20O2Si/c1-4-12(5-2,6-3)11-8-9-7-10-9/h9H,4-8H2,1-3H3/t9-/m0/s1. The van der Waals surface area contributed by atoms with E-state index in [2.05, 4.69) is 20.8 Å². The average molecular weight is 188 g/mol. The Morgan fingerprint density at radius 3 is 2.08 bits per heavy atom. The predicted octanol–water partition coefficient (Wildman–Crippen LogP) is 2.41. The van der Waals surface area contributed by atoms with Crippen molar-refractivity contribution in [2.24, 2.45) is 0 Å². The van der Waals surface area contributed by atoms with Gasteiger partial charge >= 0.3 is 0 Å². The molecule has 2 nitrogen and oxygen atoms in total. The summed E-state index contributed by atoms with van der Waals surface area (Å²) in [6.07, 6.45) is 0.432. The van der Waals surface area contributed by atoms with Crippen molar-refractivity contribution in [2.75, 3.05) is 13.2 Å². The maximum atomic E-state index is 6.02. The fourth-order valence-corrected chi connectivity index (χ4v) is 4.14. The van der Waals surface area contributed by atoms with Crippen LogP contribution in [-0.4, -0.2) is 27.6 Å². The van der Waals surface area contributed by atoms with Gasteiger partial charge in [0.1, 0.15) is 6.10 Å². The zero-order valence-electron chi connectivity index (χ0n) is 8.43. The summed E-state index contributed by atoms with van der Waals surface area (Å²) in [7, 11) is -1.32. The SMILES string of the molecule is CC[Si](CC)(CC)OC[C@@H]1CO1. The minimum absolute atomic E-state index is 0.432. The Morgan fingerprint density at radius 2 is 1.75 bits per heavy atom. The smallest absolute Gasteiger partial charge is 0.192 e. The predicted molar refractivity (Wildman–Crippen MR) is 52.9 cm³/mol. The van der Waals surface area contributed by atoms with Gasteiger partial charge < -0.3 is 9.16 Å². The van der Waals surface area contributed by atoms with Gasteiger partial charge in [0.15, 0.2) is 8.32 Å². The second kappa shape index (κ2) is 4.39. The number of ether oxygens (including phenoxy) is 1. The van der Waals surface area contributed by atoms with Crippen molar-refractivity contribution in [3.8, 4) is 0 Å². The monoisotopic (exact) mass is 188 g/mol. The minimum atomic E-state index is -1.32. The summed E-state index contributed by atoms with van der Waals surface area (Å²) in [5.74, 6) is 0. The molecule has 1 heterocycles. The van der Waals surface area contributed by atoms with Crippen molar-refractivity contribution in [1.82, 2.24) is 0 Å². The van der Waals surface area contributed by atoms with E-state index in [0.717, 1.165) is 13.2 Å². The average Bonchev–Trinajstić information content (AvgIpc) is 2.92. The maximum absolute atomic E-state index is 6.02. The number of hydrogen-bond donors (Lipinski definition) is 0. The van der Waals surface area contributed by atoms with Crippen molar-refractivity contribution < 1.29 is 9.16 Å². The van der Waals surface area contributed by atoms with E-state index in [9.17, 15) is 0 Å². The lowest BCUT2D eigenvalue weighted by Crippen LogP contribution is -2.36. The Bertz CT molecular complexity index is 122. The molecule has 0 aliphatic carbocycles. The van der Waals surface area contributed by atoms with Gasteiger partial charge in [0, 0.05) is 0 Å². The summed E-state index contributed by atoms with van der Waals surface area (Å²) in [5, 5.41) is 0. The quantitative estimate of drug-likeness (QED) is 0.471. The van der Waals surface area contributed by atoms with Gasteiger partial charge in [-0.1, -0.05) is 20.8 Å². The first-order valence-electron chi connectivity index (χ1n) is 5.02. The Kier molecular flexibility index (Phi) is 3.74. The van der Waals surface area contributed by atoms with Gasteiger partial charge in [-0.2, -0.15) is 0 Å². The van der Waals surface area contributed by atoms with Crippen LogP contribution in [0.1, 0.15) is 20.8 Å². The summed E-state index contributed by atoms with van der Waals surface area (Å²) in [5.41, 5.74) is 0. The van der Waals surface area contributed by atoms with Gasteiger partial charge in [-0.25, -0.2) is 0 Å². The lowest BCUT2D eigenvalue weighted by atomic mass is 10.5. The number of hydrogen-bond acceptors (Lipinski definition) is 2. The van der Waals surface area contributed by atoms with Gasteiger partial charge in [0.05, 0.1) is 13.2 Å². The largest absolute Gasteiger partial charge is 0.414 e. The molecule has 0 N–H and O–H groups in total. The van der Waals surface area contributed by atoms with Crippen LogP contribution in [0.25, 0.3) is 0 Å². The van der Waals surface area contributed by atoms with E-state index in [-0.39, 0.29) is 0 Å². The number of rotatable bonds is 6. The van der Waals surface area contributed by atoms with Crippen molar-refractivity contribution in [2.45, 2.75) is 45.0 Å². The van der Waals surface area contributed by atoms with E-state index < -0.39 is 8.32 Å². The van der Waals surface area contributed by atoms with Crippen molar-refractivity contribution in [3.05, 3.63) is 0 Å². The Hall–Kier alpha value is 0.137. The summed E-state index contributed by atoms with van der Waals surface area (Å²) in [6.45, 7) is 8.54. The zero-order valence-corrected chi connectivity index (χ0v) is 9.43. The molecule has 0 unspecified atom stereocenters. The van der Waals surface area contributed by atoms with Gasteiger partial charge in [-0.15, -0.1) is 0 Å². The molecular weight excluding hydrogens is 168 g/mol. The van der Waals surface area contributed by atoms with E-state index in [0.29, 0.717) is 6.10 Å². The molecule has 0 aromatic heterocycles. The molecule has 12 heavy (non-hydrogen) atoms. The summed E-state index contributed by atoms with van der Waals surface area (Å²) in [4.78, 5) is 0. The first kappa shape index (κ1) is 10.2. The highest BCUT2D eigenvalue weighted by Gasteiger charge is 2.32. The van der Waals surface area contributed by atoms with E-state index >= 15 is 0 Å². The third kappa shape index (κ3) is 2.57. The van der Waals surface area contributed by atoms with E-state index in [4.69, 9.17) is 9.16 Å². The molecule has 0 bridgehead atoms. The van der Waals surface area contributed by atoms with Crippen molar-refractivity contribution in [1.29, 1.82) is 0 Å². The lowest BCUT2D eigenvalue weighted by Gasteiger charge is -2.27. The van der Waals surface area contributed by atoms with Crippen LogP contribution in [-0.2, 0) is 9.16 Å². The molecule has 0 spiro atoms. The van der Waals surface area contributed by atoms with E-state index in [1.807, 2.05) is 0 Å². The van der Waals surface area contributed by atoms with Crippen LogP contribution in [0.4, 0.5) is 0 Å². The highest BCUT2D eigenvalue weighted by molar-refractivity contribution is 6.73. The second-order valence-electron chi connectivity index (χ2n) is 3.51. The molecule has 0 aromatic rings. The Morgan fingerprint density at radius 1 is 1.25 bits per heavy atom. The summed E-state index contributed by atoms with van der Waals surface area (Å²) >= 11 is 0. The Labute approximate surface area is 76.4 Å². The molecule has 0 radical (unpaired) electrons. The molecule has 1 rings (SSSR count). The highest BCUT2D eigenvalue weighted by atomic mass is 28.4. The molecule has 1 saturated heterocycles. The van der Waals surface area contributed by atoms with Crippen LogP contribution < -0.4 is 0 Å². The van der Waals surface area contributed by atoms with Crippen LogP contribution in [0.3, 0.4) is 0 Å². The van der Waals surface area contributed by atoms with Crippen molar-refractivity contribution in [3.63, 3.8) is 0 Å². The molecular formula is C9H20O2Si.